The maximum Gasteiger partial charge on any atom is 0.410 e. The minimum atomic E-state index is -1.13. The van der Waals surface area contributed by atoms with Crippen LogP contribution in [-0.2, 0) is 0 Å². The molecule has 1 amide bonds. The molecule has 0 aliphatic carbocycles. The SMILES string of the molecule is O=C(O)Nc1cc(-c2ccccn2)ccn1. The number of carboxylic acid groups (broad SMARTS) is 1. The van der Waals surface area contributed by atoms with E-state index in [4.69, 9.17) is 5.11 Å². The van der Waals surface area contributed by atoms with E-state index in [2.05, 4.69) is 15.3 Å². The Balaban J connectivity index is 2.33. The molecule has 0 spiro atoms. The molecule has 0 unspecified atom stereocenters. The molecule has 0 atom stereocenters. The first-order valence-electron chi connectivity index (χ1n) is 4.63. The largest absolute Gasteiger partial charge is 0.465 e. The van der Waals surface area contributed by atoms with Gasteiger partial charge in [-0.2, -0.15) is 0 Å². The number of nitrogens with zero attached hydrogens (tertiary/aromatic N) is 2. The Morgan fingerprint density at radius 2 is 2.06 bits per heavy atom. The summed E-state index contributed by atoms with van der Waals surface area (Å²) in [6, 6.07) is 8.94. The molecule has 0 saturated carbocycles. The third kappa shape index (κ3) is 2.33. The summed E-state index contributed by atoms with van der Waals surface area (Å²) >= 11 is 0. The van der Waals surface area contributed by atoms with Gasteiger partial charge in [0.2, 0.25) is 0 Å². The van der Waals surface area contributed by atoms with Crippen LogP contribution in [0.2, 0.25) is 0 Å². The van der Waals surface area contributed by atoms with E-state index >= 15 is 0 Å². The van der Waals surface area contributed by atoms with E-state index in [-0.39, 0.29) is 5.82 Å². The highest BCUT2D eigenvalue weighted by Crippen LogP contribution is 2.18. The van der Waals surface area contributed by atoms with E-state index in [0.29, 0.717) is 0 Å². The van der Waals surface area contributed by atoms with Gasteiger partial charge in [0, 0.05) is 18.0 Å². The molecule has 0 fully saturated rings. The third-order valence-corrected chi connectivity index (χ3v) is 1.96. The lowest BCUT2D eigenvalue weighted by Crippen LogP contribution is -2.08. The Morgan fingerprint density at radius 1 is 1.19 bits per heavy atom. The summed E-state index contributed by atoms with van der Waals surface area (Å²) in [7, 11) is 0. The highest BCUT2D eigenvalue weighted by Gasteiger charge is 2.02. The van der Waals surface area contributed by atoms with Crippen molar-refractivity contribution in [3.63, 3.8) is 0 Å². The van der Waals surface area contributed by atoms with Crippen molar-refractivity contribution in [2.45, 2.75) is 0 Å². The summed E-state index contributed by atoms with van der Waals surface area (Å²) in [4.78, 5) is 18.5. The molecule has 2 N–H and O–H groups in total. The number of carbonyl (C=O) groups is 1. The fourth-order valence-electron chi connectivity index (χ4n) is 1.30. The van der Waals surface area contributed by atoms with Gasteiger partial charge in [-0.3, -0.25) is 10.3 Å². The molecule has 16 heavy (non-hydrogen) atoms. The average Bonchev–Trinajstić information content (AvgIpc) is 2.30. The zero-order chi connectivity index (χ0) is 11.4. The lowest BCUT2D eigenvalue weighted by Gasteiger charge is -2.03. The molecule has 2 rings (SSSR count). The molecular weight excluding hydrogens is 206 g/mol. The van der Waals surface area contributed by atoms with Crippen LogP contribution < -0.4 is 5.32 Å². The van der Waals surface area contributed by atoms with Gasteiger partial charge in [0.1, 0.15) is 5.82 Å². The number of nitrogens with one attached hydrogen (secondary N) is 1. The van der Waals surface area contributed by atoms with Crippen LogP contribution >= 0.6 is 0 Å². The molecule has 0 bridgehead atoms. The van der Waals surface area contributed by atoms with Crippen molar-refractivity contribution in [3.8, 4) is 11.3 Å². The van der Waals surface area contributed by atoms with E-state index in [0.717, 1.165) is 11.3 Å². The molecule has 0 aliphatic heterocycles. The van der Waals surface area contributed by atoms with Crippen LogP contribution in [0.15, 0.2) is 42.7 Å². The third-order valence-electron chi connectivity index (χ3n) is 1.96. The quantitative estimate of drug-likeness (QED) is 0.805. The van der Waals surface area contributed by atoms with Gasteiger partial charge in [0.25, 0.3) is 0 Å². The lowest BCUT2D eigenvalue weighted by molar-refractivity contribution is 0.209. The molecule has 0 radical (unpaired) electrons. The number of hydrogen-bond acceptors (Lipinski definition) is 3. The van der Waals surface area contributed by atoms with Crippen LogP contribution in [0.5, 0.6) is 0 Å². The van der Waals surface area contributed by atoms with Crippen LogP contribution in [0, 0.1) is 0 Å². The second-order valence-corrected chi connectivity index (χ2v) is 3.07. The van der Waals surface area contributed by atoms with Crippen molar-refractivity contribution >= 4 is 11.9 Å². The number of aromatic nitrogens is 2. The van der Waals surface area contributed by atoms with Gasteiger partial charge < -0.3 is 5.11 Å². The first-order valence-corrected chi connectivity index (χ1v) is 4.63. The van der Waals surface area contributed by atoms with E-state index in [1.807, 2.05) is 18.2 Å². The molecule has 2 heterocycles. The summed E-state index contributed by atoms with van der Waals surface area (Å²) in [5.41, 5.74) is 1.60. The summed E-state index contributed by atoms with van der Waals surface area (Å²) in [5.74, 6) is 0.288. The zero-order valence-corrected chi connectivity index (χ0v) is 8.29. The molecule has 5 heteroatoms. The molecule has 0 aromatic carbocycles. The zero-order valence-electron chi connectivity index (χ0n) is 8.29. The summed E-state index contributed by atoms with van der Waals surface area (Å²) in [6.45, 7) is 0. The number of rotatable bonds is 2. The molecule has 0 saturated heterocycles. The van der Waals surface area contributed by atoms with Crippen LogP contribution in [0.3, 0.4) is 0 Å². The smallest absolute Gasteiger partial charge is 0.410 e. The predicted octanol–water partition coefficient (Wildman–Crippen LogP) is 2.23. The first kappa shape index (κ1) is 10.1. The number of hydrogen-bond donors (Lipinski definition) is 2. The van der Waals surface area contributed by atoms with E-state index in [1.54, 1.807) is 18.3 Å². The maximum atomic E-state index is 10.4. The fraction of sp³-hybridized carbons (Fsp3) is 0. The Labute approximate surface area is 91.8 Å². The Bertz CT molecular complexity index is 500. The van der Waals surface area contributed by atoms with Gasteiger partial charge in [0.15, 0.2) is 0 Å². The Hall–Kier alpha value is -2.43. The van der Waals surface area contributed by atoms with Crippen LogP contribution in [0.4, 0.5) is 10.6 Å². The van der Waals surface area contributed by atoms with Crippen molar-refractivity contribution in [1.29, 1.82) is 0 Å². The Kier molecular flexibility index (Phi) is 2.77. The standard InChI is InChI=1S/C11H9N3O2/c15-11(16)14-10-7-8(4-6-13-10)9-3-1-2-5-12-9/h1-7H,(H,13,14)(H,15,16). The van der Waals surface area contributed by atoms with Crippen LogP contribution in [-0.4, -0.2) is 21.2 Å². The number of pyridine rings is 2. The lowest BCUT2D eigenvalue weighted by atomic mass is 10.2. The molecular formula is C11H9N3O2. The second-order valence-electron chi connectivity index (χ2n) is 3.07. The monoisotopic (exact) mass is 215 g/mol. The van der Waals surface area contributed by atoms with Crippen molar-refractivity contribution in [1.82, 2.24) is 9.97 Å². The molecule has 2 aromatic heterocycles. The molecule has 5 nitrogen and oxygen atoms in total. The number of amides is 1. The molecule has 80 valence electrons. The molecule has 0 aliphatic rings. The number of anilines is 1. The maximum absolute atomic E-state index is 10.4. The summed E-state index contributed by atoms with van der Waals surface area (Å²) in [6.07, 6.45) is 2.08. The normalized spacial score (nSPS) is 9.75. The highest BCUT2D eigenvalue weighted by molar-refractivity contribution is 5.82. The molecule has 2 aromatic rings. The predicted molar refractivity (Wildman–Crippen MR) is 59.1 cm³/mol. The van der Waals surface area contributed by atoms with Gasteiger partial charge in [0.05, 0.1) is 5.69 Å². The van der Waals surface area contributed by atoms with Crippen molar-refractivity contribution < 1.29 is 9.90 Å². The fourth-order valence-corrected chi connectivity index (χ4v) is 1.30. The average molecular weight is 215 g/mol. The van der Waals surface area contributed by atoms with Gasteiger partial charge in [-0.15, -0.1) is 0 Å². The van der Waals surface area contributed by atoms with Crippen molar-refractivity contribution in [2.24, 2.45) is 0 Å². The Morgan fingerprint density at radius 3 is 2.75 bits per heavy atom. The topological polar surface area (TPSA) is 75.1 Å². The van der Waals surface area contributed by atoms with Crippen molar-refractivity contribution in [3.05, 3.63) is 42.7 Å². The second kappa shape index (κ2) is 4.39. The minimum Gasteiger partial charge on any atom is -0.465 e. The summed E-state index contributed by atoms with van der Waals surface area (Å²) in [5, 5.41) is 10.8. The van der Waals surface area contributed by atoms with Crippen LogP contribution in [0.1, 0.15) is 0 Å². The van der Waals surface area contributed by atoms with E-state index in [9.17, 15) is 4.79 Å². The van der Waals surface area contributed by atoms with Crippen LogP contribution in [0.25, 0.3) is 11.3 Å². The van der Waals surface area contributed by atoms with E-state index < -0.39 is 6.09 Å². The van der Waals surface area contributed by atoms with Gasteiger partial charge in [-0.25, -0.2) is 9.78 Å². The first-order chi connectivity index (χ1) is 7.75. The highest BCUT2D eigenvalue weighted by atomic mass is 16.4. The van der Waals surface area contributed by atoms with Gasteiger partial charge >= 0.3 is 6.09 Å². The van der Waals surface area contributed by atoms with Gasteiger partial charge in [-0.1, -0.05) is 6.07 Å². The summed E-state index contributed by atoms with van der Waals surface area (Å²) < 4.78 is 0. The minimum absolute atomic E-state index is 0.288. The van der Waals surface area contributed by atoms with Gasteiger partial charge in [-0.05, 0) is 24.3 Å². The van der Waals surface area contributed by atoms with Crippen molar-refractivity contribution in [2.75, 3.05) is 5.32 Å². The van der Waals surface area contributed by atoms with E-state index in [1.165, 1.54) is 6.20 Å².